The van der Waals surface area contributed by atoms with Crippen LogP contribution in [0.5, 0.6) is 0 Å². The van der Waals surface area contributed by atoms with Crippen molar-refractivity contribution in [3.8, 4) is 0 Å². The van der Waals surface area contributed by atoms with E-state index in [1.165, 1.54) is 25.3 Å². The summed E-state index contributed by atoms with van der Waals surface area (Å²) in [5, 5.41) is 2.86. The quantitative estimate of drug-likeness (QED) is 0.888. The Morgan fingerprint density at radius 3 is 2.71 bits per heavy atom. The van der Waals surface area contributed by atoms with Crippen LogP contribution in [0, 0.1) is 23.6 Å². The molecular weight excluding hydrogens is 285 g/mol. The summed E-state index contributed by atoms with van der Waals surface area (Å²) in [7, 11) is 0. The molecule has 0 saturated heterocycles. The Bertz CT molecular complexity index is 466. The van der Waals surface area contributed by atoms with Crippen molar-refractivity contribution in [1.29, 1.82) is 0 Å². The van der Waals surface area contributed by atoms with Crippen LogP contribution in [0.4, 0.5) is 10.1 Å². The third kappa shape index (κ3) is 1.99. The standard InChI is InChI=1S/C13H13BrFNO/c14-10-6-7(4-5-11(10)15)16-13(17)12-8-2-1-3-9(8)12/h4-6,8-9,12H,1-3H2,(H,16,17). The molecule has 1 N–H and O–H groups in total. The average molecular weight is 298 g/mol. The van der Waals surface area contributed by atoms with E-state index in [2.05, 4.69) is 21.2 Å². The lowest BCUT2D eigenvalue weighted by Gasteiger charge is -2.07. The van der Waals surface area contributed by atoms with Gasteiger partial charge in [-0.05, 0) is 58.8 Å². The van der Waals surface area contributed by atoms with Crippen LogP contribution >= 0.6 is 15.9 Å². The molecule has 2 aliphatic rings. The van der Waals surface area contributed by atoms with Crippen molar-refractivity contribution < 1.29 is 9.18 Å². The van der Waals surface area contributed by atoms with Gasteiger partial charge in [-0.25, -0.2) is 4.39 Å². The van der Waals surface area contributed by atoms with Gasteiger partial charge in [-0.3, -0.25) is 4.79 Å². The SMILES string of the molecule is O=C(Nc1ccc(F)c(Br)c1)C1C2CCCC21. The van der Waals surface area contributed by atoms with E-state index in [4.69, 9.17) is 0 Å². The summed E-state index contributed by atoms with van der Waals surface area (Å²) >= 11 is 3.11. The summed E-state index contributed by atoms with van der Waals surface area (Å²) in [4.78, 5) is 12.0. The molecule has 4 heteroatoms. The molecule has 0 heterocycles. The predicted molar refractivity (Wildman–Crippen MR) is 67.1 cm³/mol. The molecule has 2 saturated carbocycles. The molecule has 0 radical (unpaired) electrons. The van der Waals surface area contributed by atoms with Crippen LogP contribution in [0.1, 0.15) is 19.3 Å². The van der Waals surface area contributed by atoms with Gasteiger partial charge in [-0.1, -0.05) is 6.42 Å². The second kappa shape index (κ2) is 4.09. The van der Waals surface area contributed by atoms with Crippen LogP contribution in [0.3, 0.4) is 0 Å². The van der Waals surface area contributed by atoms with Crippen LogP contribution in [-0.4, -0.2) is 5.91 Å². The van der Waals surface area contributed by atoms with Gasteiger partial charge in [0.2, 0.25) is 5.91 Å². The van der Waals surface area contributed by atoms with E-state index in [0.29, 0.717) is 22.0 Å². The Balaban J connectivity index is 1.67. The maximum absolute atomic E-state index is 13.0. The van der Waals surface area contributed by atoms with Crippen LogP contribution in [0.15, 0.2) is 22.7 Å². The summed E-state index contributed by atoms with van der Waals surface area (Å²) in [5.74, 6) is 1.20. The molecule has 1 amide bonds. The van der Waals surface area contributed by atoms with Gasteiger partial charge in [0.1, 0.15) is 5.82 Å². The van der Waals surface area contributed by atoms with Gasteiger partial charge in [-0.15, -0.1) is 0 Å². The van der Waals surface area contributed by atoms with E-state index < -0.39 is 0 Å². The lowest BCUT2D eigenvalue weighted by Crippen LogP contribution is -2.16. The maximum Gasteiger partial charge on any atom is 0.228 e. The van der Waals surface area contributed by atoms with Gasteiger partial charge in [-0.2, -0.15) is 0 Å². The number of hydrogen-bond acceptors (Lipinski definition) is 1. The van der Waals surface area contributed by atoms with Crippen molar-refractivity contribution in [1.82, 2.24) is 0 Å². The van der Waals surface area contributed by atoms with Crippen molar-refractivity contribution in [2.24, 2.45) is 17.8 Å². The monoisotopic (exact) mass is 297 g/mol. The lowest BCUT2D eigenvalue weighted by molar-refractivity contribution is -0.118. The zero-order valence-electron chi connectivity index (χ0n) is 9.25. The summed E-state index contributed by atoms with van der Waals surface area (Å²) in [5.41, 5.74) is 0.660. The van der Waals surface area contributed by atoms with Crippen molar-refractivity contribution in [2.75, 3.05) is 5.32 Å². The lowest BCUT2D eigenvalue weighted by atomic mass is 10.1. The molecule has 1 aromatic carbocycles. The van der Waals surface area contributed by atoms with E-state index in [1.807, 2.05) is 0 Å². The highest BCUT2D eigenvalue weighted by Gasteiger charge is 2.56. The minimum Gasteiger partial charge on any atom is -0.326 e. The first kappa shape index (κ1) is 11.2. The van der Waals surface area contributed by atoms with Gasteiger partial charge < -0.3 is 5.32 Å². The fourth-order valence-electron chi connectivity index (χ4n) is 3.01. The molecule has 0 spiro atoms. The first-order chi connectivity index (χ1) is 8.16. The van der Waals surface area contributed by atoms with Gasteiger partial charge >= 0.3 is 0 Å². The number of anilines is 1. The zero-order valence-corrected chi connectivity index (χ0v) is 10.8. The minimum atomic E-state index is -0.314. The molecule has 3 rings (SSSR count). The number of rotatable bonds is 2. The largest absolute Gasteiger partial charge is 0.326 e. The Kier molecular flexibility index (Phi) is 2.69. The maximum atomic E-state index is 13.0. The number of halogens is 2. The van der Waals surface area contributed by atoms with E-state index in [1.54, 1.807) is 12.1 Å². The summed E-state index contributed by atoms with van der Waals surface area (Å²) in [6, 6.07) is 4.55. The van der Waals surface area contributed by atoms with Crippen molar-refractivity contribution in [3.63, 3.8) is 0 Å². The number of carbonyl (C=O) groups is 1. The Labute approximate surface area is 108 Å². The number of hydrogen-bond donors (Lipinski definition) is 1. The number of nitrogens with one attached hydrogen (secondary N) is 1. The van der Waals surface area contributed by atoms with Crippen LogP contribution in [-0.2, 0) is 4.79 Å². The number of benzene rings is 1. The fraction of sp³-hybridized carbons (Fsp3) is 0.462. The van der Waals surface area contributed by atoms with Gasteiger partial charge in [0.15, 0.2) is 0 Å². The van der Waals surface area contributed by atoms with Crippen LogP contribution in [0.25, 0.3) is 0 Å². The summed E-state index contributed by atoms with van der Waals surface area (Å²) in [6.07, 6.45) is 3.65. The number of fused-ring (bicyclic) bond motifs is 1. The van der Waals surface area contributed by atoms with Gasteiger partial charge in [0, 0.05) is 11.6 Å². The van der Waals surface area contributed by atoms with Crippen molar-refractivity contribution in [3.05, 3.63) is 28.5 Å². The van der Waals surface area contributed by atoms with Crippen molar-refractivity contribution >= 4 is 27.5 Å². The summed E-state index contributed by atoms with van der Waals surface area (Å²) in [6.45, 7) is 0. The fourth-order valence-corrected chi connectivity index (χ4v) is 3.39. The first-order valence-corrected chi connectivity index (χ1v) is 6.72. The Morgan fingerprint density at radius 2 is 2.06 bits per heavy atom. The number of carbonyl (C=O) groups excluding carboxylic acids is 1. The third-order valence-electron chi connectivity index (χ3n) is 3.90. The average Bonchev–Trinajstić information content (AvgIpc) is 2.78. The molecule has 2 fully saturated rings. The van der Waals surface area contributed by atoms with E-state index in [-0.39, 0.29) is 17.6 Å². The Morgan fingerprint density at radius 1 is 1.35 bits per heavy atom. The topological polar surface area (TPSA) is 29.1 Å². The number of amides is 1. The Hall–Kier alpha value is -0.900. The molecular formula is C13H13BrFNO. The second-order valence-corrected chi connectivity index (χ2v) is 5.76. The molecule has 2 atom stereocenters. The van der Waals surface area contributed by atoms with E-state index in [0.717, 1.165) is 0 Å². The molecule has 1 aromatic rings. The normalized spacial score (nSPS) is 29.9. The van der Waals surface area contributed by atoms with Crippen LogP contribution < -0.4 is 5.32 Å². The molecule has 2 aliphatic carbocycles. The highest BCUT2D eigenvalue weighted by Crippen LogP contribution is 2.57. The molecule has 2 nitrogen and oxygen atoms in total. The molecule has 0 bridgehead atoms. The second-order valence-electron chi connectivity index (χ2n) is 4.90. The highest BCUT2D eigenvalue weighted by molar-refractivity contribution is 9.10. The summed E-state index contributed by atoms with van der Waals surface area (Å²) < 4.78 is 13.4. The van der Waals surface area contributed by atoms with Crippen LogP contribution in [0.2, 0.25) is 0 Å². The molecule has 0 aromatic heterocycles. The van der Waals surface area contributed by atoms with Gasteiger partial charge in [0.05, 0.1) is 4.47 Å². The van der Waals surface area contributed by atoms with E-state index >= 15 is 0 Å². The predicted octanol–water partition coefficient (Wildman–Crippen LogP) is 3.57. The minimum absolute atomic E-state index is 0.0956. The van der Waals surface area contributed by atoms with Gasteiger partial charge in [0.25, 0.3) is 0 Å². The molecule has 0 aliphatic heterocycles. The molecule has 17 heavy (non-hydrogen) atoms. The highest BCUT2D eigenvalue weighted by atomic mass is 79.9. The zero-order chi connectivity index (χ0) is 12.0. The van der Waals surface area contributed by atoms with Crippen molar-refractivity contribution in [2.45, 2.75) is 19.3 Å². The molecule has 2 unspecified atom stereocenters. The van der Waals surface area contributed by atoms with E-state index in [9.17, 15) is 9.18 Å². The first-order valence-electron chi connectivity index (χ1n) is 5.93. The third-order valence-corrected chi connectivity index (χ3v) is 4.50. The molecule has 90 valence electrons. The smallest absolute Gasteiger partial charge is 0.228 e.